The Hall–Kier alpha value is -1.37. The number of furan rings is 1. The number of rotatable bonds is 6. The number of nitrogens with one attached hydrogen (secondary N) is 1. The van der Waals surface area contributed by atoms with Gasteiger partial charge >= 0.3 is 0 Å². The highest BCUT2D eigenvalue weighted by Gasteiger charge is 2.41. The van der Waals surface area contributed by atoms with Crippen molar-refractivity contribution in [1.82, 2.24) is 10.2 Å². The first-order chi connectivity index (χ1) is 11.2. The van der Waals surface area contributed by atoms with E-state index in [1.807, 2.05) is 0 Å². The van der Waals surface area contributed by atoms with Crippen LogP contribution in [0, 0.1) is 0 Å². The average Bonchev–Trinajstić information content (AvgIpc) is 3.26. The van der Waals surface area contributed by atoms with Gasteiger partial charge in [0.1, 0.15) is 11.9 Å². The Labute approximate surface area is 136 Å². The predicted molar refractivity (Wildman–Crippen MR) is 84.9 cm³/mol. The van der Waals surface area contributed by atoms with Gasteiger partial charge in [-0.15, -0.1) is 0 Å². The van der Waals surface area contributed by atoms with Crippen molar-refractivity contribution in [1.29, 1.82) is 0 Å². The molecular weight excluding hydrogens is 296 g/mol. The van der Waals surface area contributed by atoms with Gasteiger partial charge in [0.25, 0.3) is 0 Å². The third kappa shape index (κ3) is 3.94. The summed E-state index contributed by atoms with van der Waals surface area (Å²) in [5.41, 5.74) is -0.0243. The SMILES string of the molecule is O=C(CC1(N2CCOCC2)CCCC1)NCC(O)c1ccco1. The lowest BCUT2D eigenvalue weighted by atomic mass is 9.90. The number of aliphatic hydroxyl groups excluding tert-OH is 1. The molecule has 6 heteroatoms. The molecule has 2 heterocycles. The summed E-state index contributed by atoms with van der Waals surface area (Å²) < 4.78 is 10.6. The number of aliphatic hydroxyl groups is 1. The summed E-state index contributed by atoms with van der Waals surface area (Å²) in [6.07, 6.45) is 5.73. The second-order valence-corrected chi connectivity index (χ2v) is 6.54. The molecule has 1 amide bonds. The van der Waals surface area contributed by atoms with Crippen LogP contribution >= 0.6 is 0 Å². The van der Waals surface area contributed by atoms with Crippen LogP contribution < -0.4 is 5.32 Å². The largest absolute Gasteiger partial charge is 0.467 e. The second kappa shape index (κ2) is 7.47. The number of hydrogen-bond donors (Lipinski definition) is 2. The van der Waals surface area contributed by atoms with E-state index in [1.165, 1.54) is 19.1 Å². The van der Waals surface area contributed by atoms with Crippen LogP contribution in [0.5, 0.6) is 0 Å². The number of hydrogen-bond acceptors (Lipinski definition) is 5. The monoisotopic (exact) mass is 322 g/mol. The first kappa shape index (κ1) is 16.5. The van der Waals surface area contributed by atoms with Crippen LogP contribution in [0.4, 0.5) is 0 Å². The lowest BCUT2D eigenvalue weighted by Gasteiger charge is -2.43. The first-order valence-electron chi connectivity index (χ1n) is 8.51. The topological polar surface area (TPSA) is 74.9 Å². The maximum Gasteiger partial charge on any atom is 0.221 e. The summed E-state index contributed by atoms with van der Waals surface area (Å²) in [5.74, 6) is 0.484. The summed E-state index contributed by atoms with van der Waals surface area (Å²) in [5, 5.41) is 12.9. The fourth-order valence-electron chi connectivity index (χ4n) is 3.83. The molecule has 0 spiro atoms. The second-order valence-electron chi connectivity index (χ2n) is 6.54. The lowest BCUT2D eigenvalue weighted by molar-refractivity contribution is -0.126. The molecule has 23 heavy (non-hydrogen) atoms. The summed E-state index contributed by atoms with van der Waals surface area (Å²) in [6.45, 7) is 3.50. The summed E-state index contributed by atoms with van der Waals surface area (Å²) in [7, 11) is 0. The van der Waals surface area contributed by atoms with Crippen LogP contribution in [-0.2, 0) is 9.53 Å². The Bertz CT molecular complexity index is 491. The quantitative estimate of drug-likeness (QED) is 0.829. The molecule has 1 atom stereocenters. The molecule has 1 aliphatic carbocycles. The van der Waals surface area contributed by atoms with Crippen LogP contribution in [-0.4, -0.2) is 54.3 Å². The van der Waals surface area contributed by atoms with E-state index in [-0.39, 0.29) is 18.0 Å². The molecule has 0 bridgehead atoms. The van der Waals surface area contributed by atoms with E-state index in [4.69, 9.17) is 9.15 Å². The average molecular weight is 322 g/mol. The van der Waals surface area contributed by atoms with Gasteiger partial charge in [0.2, 0.25) is 5.91 Å². The van der Waals surface area contributed by atoms with Gasteiger partial charge in [0, 0.05) is 25.0 Å². The zero-order chi connectivity index (χ0) is 16.1. The van der Waals surface area contributed by atoms with Crippen LogP contribution in [0.15, 0.2) is 22.8 Å². The molecule has 2 aliphatic rings. The van der Waals surface area contributed by atoms with Crippen LogP contribution in [0.3, 0.4) is 0 Å². The van der Waals surface area contributed by atoms with E-state index in [9.17, 15) is 9.90 Å². The van der Waals surface area contributed by atoms with Gasteiger partial charge in [-0.2, -0.15) is 0 Å². The molecule has 1 aromatic heterocycles. The molecule has 2 N–H and O–H groups in total. The third-order valence-corrected chi connectivity index (χ3v) is 5.07. The van der Waals surface area contributed by atoms with Gasteiger partial charge in [-0.3, -0.25) is 9.69 Å². The predicted octanol–water partition coefficient (Wildman–Crippen LogP) is 1.46. The highest BCUT2D eigenvalue weighted by molar-refractivity contribution is 5.77. The smallest absolute Gasteiger partial charge is 0.221 e. The summed E-state index contributed by atoms with van der Waals surface area (Å²) in [4.78, 5) is 14.8. The molecule has 2 fully saturated rings. The molecule has 0 aromatic carbocycles. The van der Waals surface area contributed by atoms with E-state index in [2.05, 4.69) is 10.2 Å². The minimum Gasteiger partial charge on any atom is -0.467 e. The normalized spacial score (nSPS) is 22.8. The van der Waals surface area contributed by atoms with Gasteiger partial charge in [-0.05, 0) is 25.0 Å². The highest BCUT2D eigenvalue weighted by atomic mass is 16.5. The Morgan fingerprint density at radius 3 is 2.74 bits per heavy atom. The molecule has 1 saturated carbocycles. The first-order valence-corrected chi connectivity index (χ1v) is 8.51. The molecule has 1 aromatic rings. The minimum absolute atomic E-state index is 0.00370. The van der Waals surface area contributed by atoms with E-state index < -0.39 is 6.10 Å². The summed E-state index contributed by atoms with van der Waals surface area (Å²) in [6, 6.07) is 3.44. The van der Waals surface area contributed by atoms with E-state index >= 15 is 0 Å². The van der Waals surface area contributed by atoms with Gasteiger partial charge in [-0.25, -0.2) is 0 Å². The standard InChI is InChI=1S/C17H26N2O4/c20-14(15-4-3-9-23-15)13-18-16(21)12-17(5-1-2-6-17)19-7-10-22-11-8-19/h3-4,9,14,20H,1-2,5-8,10-13H2,(H,18,21). The molecular formula is C17H26N2O4. The third-order valence-electron chi connectivity index (χ3n) is 5.07. The fourth-order valence-corrected chi connectivity index (χ4v) is 3.83. The molecule has 0 radical (unpaired) electrons. The molecule has 1 aliphatic heterocycles. The number of amides is 1. The van der Waals surface area contributed by atoms with Crippen molar-refractivity contribution in [3.05, 3.63) is 24.2 Å². The van der Waals surface area contributed by atoms with Gasteiger partial charge < -0.3 is 19.6 Å². The Morgan fingerprint density at radius 1 is 1.35 bits per heavy atom. The lowest BCUT2D eigenvalue weighted by Crippen LogP contribution is -2.54. The van der Waals surface area contributed by atoms with Crippen molar-refractivity contribution in [2.75, 3.05) is 32.8 Å². The van der Waals surface area contributed by atoms with E-state index in [0.29, 0.717) is 12.2 Å². The fraction of sp³-hybridized carbons (Fsp3) is 0.706. The highest BCUT2D eigenvalue weighted by Crippen LogP contribution is 2.38. The van der Waals surface area contributed by atoms with Crippen LogP contribution in [0.25, 0.3) is 0 Å². The van der Waals surface area contributed by atoms with E-state index in [1.54, 1.807) is 12.1 Å². The molecule has 3 rings (SSSR count). The van der Waals surface area contributed by atoms with Crippen molar-refractivity contribution in [2.45, 2.75) is 43.7 Å². The molecule has 1 unspecified atom stereocenters. The van der Waals surface area contributed by atoms with Crippen molar-refractivity contribution in [3.63, 3.8) is 0 Å². The van der Waals surface area contributed by atoms with Gasteiger partial charge in [-0.1, -0.05) is 12.8 Å². The van der Waals surface area contributed by atoms with E-state index in [0.717, 1.165) is 39.1 Å². The van der Waals surface area contributed by atoms with Crippen LogP contribution in [0.1, 0.15) is 44.0 Å². The Morgan fingerprint density at radius 2 is 2.09 bits per heavy atom. The number of carbonyl (C=O) groups excluding carboxylic acids is 1. The zero-order valence-corrected chi connectivity index (χ0v) is 13.5. The van der Waals surface area contributed by atoms with Crippen LogP contribution in [0.2, 0.25) is 0 Å². The minimum atomic E-state index is -0.795. The van der Waals surface area contributed by atoms with Gasteiger partial charge in [0.05, 0.1) is 26.0 Å². The molecule has 1 saturated heterocycles. The maximum absolute atomic E-state index is 12.4. The zero-order valence-electron chi connectivity index (χ0n) is 13.5. The van der Waals surface area contributed by atoms with Crippen molar-refractivity contribution in [3.8, 4) is 0 Å². The molecule has 128 valence electrons. The number of carbonyl (C=O) groups is 1. The number of nitrogens with zero attached hydrogens (tertiary/aromatic N) is 1. The van der Waals surface area contributed by atoms with Crippen molar-refractivity contribution >= 4 is 5.91 Å². The maximum atomic E-state index is 12.4. The molecule has 6 nitrogen and oxygen atoms in total. The number of ether oxygens (including phenoxy) is 1. The summed E-state index contributed by atoms with van der Waals surface area (Å²) >= 11 is 0. The van der Waals surface area contributed by atoms with Crippen molar-refractivity contribution in [2.24, 2.45) is 0 Å². The Balaban J connectivity index is 1.54. The van der Waals surface area contributed by atoms with Crippen molar-refractivity contribution < 1.29 is 19.1 Å². The number of morpholine rings is 1. The Kier molecular flexibility index (Phi) is 5.35. The van der Waals surface area contributed by atoms with Gasteiger partial charge in [0.15, 0.2) is 0 Å².